The largest absolute Gasteiger partial charge is 0.381 e. The van der Waals surface area contributed by atoms with Crippen molar-refractivity contribution in [3.05, 3.63) is 88.5 Å². The Kier molecular flexibility index (Phi) is 5.49. The number of carbonyl (C=O) groups excluding carboxylic acids is 1. The van der Waals surface area contributed by atoms with Crippen molar-refractivity contribution < 1.29 is 9.18 Å². The van der Waals surface area contributed by atoms with Crippen molar-refractivity contribution >= 4 is 28.9 Å². The van der Waals surface area contributed by atoms with E-state index in [9.17, 15) is 9.18 Å². The summed E-state index contributed by atoms with van der Waals surface area (Å²) in [7, 11) is 0. The number of rotatable bonds is 5. The Bertz CT molecular complexity index is 946. The fourth-order valence-corrected chi connectivity index (χ4v) is 2.61. The minimum absolute atomic E-state index is 0.253. The highest BCUT2D eigenvalue weighted by Crippen LogP contribution is 2.23. The Balaban J connectivity index is 1.71. The lowest BCUT2D eigenvalue weighted by Crippen LogP contribution is -2.15. The van der Waals surface area contributed by atoms with Crippen LogP contribution < -0.4 is 10.6 Å². The van der Waals surface area contributed by atoms with Gasteiger partial charge in [0.1, 0.15) is 11.5 Å². The lowest BCUT2D eigenvalue weighted by atomic mass is 10.2. The number of anilines is 2. The van der Waals surface area contributed by atoms with Crippen LogP contribution in [0.25, 0.3) is 0 Å². The summed E-state index contributed by atoms with van der Waals surface area (Å²) in [6.07, 6.45) is 1.53. The average molecular weight is 370 g/mol. The molecule has 4 nitrogen and oxygen atoms in total. The van der Waals surface area contributed by atoms with E-state index in [1.165, 1.54) is 12.3 Å². The van der Waals surface area contributed by atoms with Gasteiger partial charge in [0.15, 0.2) is 0 Å². The Labute approximate surface area is 156 Å². The Hall–Kier alpha value is -2.92. The summed E-state index contributed by atoms with van der Waals surface area (Å²) in [5, 5.41) is 6.48. The second kappa shape index (κ2) is 7.97. The van der Waals surface area contributed by atoms with Gasteiger partial charge in [-0.15, -0.1) is 0 Å². The van der Waals surface area contributed by atoms with Crippen molar-refractivity contribution in [3.63, 3.8) is 0 Å². The zero-order valence-corrected chi connectivity index (χ0v) is 14.8. The van der Waals surface area contributed by atoms with Crippen molar-refractivity contribution in [1.29, 1.82) is 0 Å². The number of halogens is 2. The number of aromatic nitrogens is 1. The predicted molar refractivity (Wildman–Crippen MR) is 102 cm³/mol. The molecule has 0 saturated carbocycles. The van der Waals surface area contributed by atoms with Gasteiger partial charge in [-0.1, -0.05) is 35.9 Å². The zero-order valence-electron chi connectivity index (χ0n) is 14.1. The first-order valence-corrected chi connectivity index (χ1v) is 8.42. The molecule has 0 aliphatic heterocycles. The molecule has 3 aromatic rings. The molecule has 1 heterocycles. The molecule has 0 saturated heterocycles. The third kappa shape index (κ3) is 4.18. The maximum Gasteiger partial charge on any atom is 0.274 e. The number of benzene rings is 2. The highest BCUT2D eigenvalue weighted by Gasteiger charge is 2.11. The van der Waals surface area contributed by atoms with Crippen LogP contribution in [0.4, 0.5) is 15.8 Å². The van der Waals surface area contributed by atoms with Crippen LogP contribution in [0.3, 0.4) is 0 Å². The Morgan fingerprint density at radius 3 is 2.77 bits per heavy atom. The first-order chi connectivity index (χ1) is 12.5. The molecule has 1 aromatic heterocycles. The predicted octanol–water partition coefficient (Wildman–Crippen LogP) is 5.05. The van der Waals surface area contributed by atoms with Gasteiger partial charge >= 0.3 is 0 Å². The SMILES string of the molecule is Cc1c(Cl)cccc1NC(=O)c1cc(NCc2ccccc2F)ccn1. The van der Waals surface area contributed by atoms with Crippen molar-refractivity contribution in [3.8, 4) is 0 Å². The summed E-state index contributed by atoms with van der Waals surface area (Å²) in [6, 6.07) is 15.2. The first kappa shape index (κ1) is 17.9. The summed E-state index contributed by atoms with van der Waals surface area (Å²) in [4.78, 5) is 16.6. The van der Waals surface area contributed by atoms with E-state index >= 15 is 0 Å². The van der Waals surface area contributed by atoms with E-state index in [2.05, 4.69) is 15.6 Å². The third-order valence-electron chi connectivity index (χ3n) is 3.95. The molecule has 0 unspecified atom stereocenters. The summed E-state index contributed by atoms with van der Waals surface area (Å²) >= 11 is 6.07. The van der Waals surface area contributed by atoms with Gasteiger partial charge in [-0.25, -0.2) is 4.39 Å². The van der Waals surface area contributed by atoms with E-state index < -0.39 is 0 Å². The number of hydrogen-bond acceptors (Lipinski definition) is 3. The van der Waals surface area contributed by atoms with Gasteiger partial charge in [-0.2, -0.15) is 0 Å². The molecule has 6 heteroatoms. The summed E-state index contributed by atoms with van der Waals surface area (Å²) < 4.78 is 13.7. The maximum absolute atomic E-state index is 13.7. The first-order valence-electron chi connectivity index (χ1n) is 8.04. The maximum atomic E-state index is 13.7. The van der Waals surface area contributed by atoms with Gasteiger partial charge in [0, 0.05) is 34.7 Å². The van der Waals surface area contributed by atoms with Crippen LogP contribution in [-0.4, -0.2) is 10.9 Å². The molecular weight excluding hydrogens is 353 g/mol. The van der Waals surface area contributed by atoms with E-state index in [1.54, 1.807) is 48.5 Å². The average Bonchev–Trinajstić information content (AvgIpc) is 2.65. The van der Waals surface area contributed by atoms with Crippen LogP contribution >= 0.6 is 11.6 Å². The van der Waals surface area contributed by atoms with Gasteiger partial charge in [-0.05, 0) is 42.8 Å². The molecule has 0 bridgehead atoms. The molecule has 26 heavy (non-hydrogen) atoms. The fraction of sp³-hybridized carbons (Fsp3) is 0.100. The quantitative estimate of drug-likeness (QED) is 0.662. The molecule has 0 aliphatic carbocycles. The number of hydrogen-bond donors (Lipinski definition) is 2. The molecule has 0 fully saturated rings. The zero-order chi connectivity index (χ0) is 18.5. The molecule has 2 aromatic carbocycles. The van der Waals surface area contributed by atoms with Gasteiger partial charge < -0.3 is 10.6 Å². The van der Waals surface area contributed by atoms with Crippen molar-refractivity contribution in [1.82, 2.24) is 4.98 Å². The van der Waals surface area contributed by atoms with Crippen LogP contribution in [0.5, 0.6) is 0 Å². The van der Waals surface area contributed by atoms with E-state index in [4.69, 9.17) is 11.6 Å². The van der Waals surface area contributed by atoms with E-state index in [1.807, 2.05) is 6.92 Å². The van der Waals surface area contributed by atoms with Gasteiger partial charge in [0.25, 0.3) is 5.91 Å². The summed E-state index contributed by atoms with van der Waals surface area (Å²) in [5.41, 5.74) is 2.90. The number of carbonyl (C=O) groups is 1. The second-order valence-corrected chi connectivity index (χ2v) is 6.15. The van der Waals surface area contributed by atoms with Crippen molar-refractivity contribution in [2.45, 2.75) is 13.5 Å². The summed E-state index contributed by atoms with van der Waals surface area (Å²) in [6.45, 7) is 2.14. The smallest absolute Gasteiger partial charge is 0.274 e. The Morgan fingerprint density at radius 2 is 1.96 bits per heavy atom. The minimum Gasteiger partial charge on any atom is -0.381 e. The van der Waals surface area contributed by atoms with Crippen LogP contribution in [0.15, 0.2) is 60.8 Å². The van der Waals surface area contributed by atoms with Gasteiger partial charge in [-0.3, -0.25) is 9.78 Å². The molecule has 132 valence electrons. The number of pyridine rings is 1. The third-order valence-corrected chi connectivity index (χ3v) is 4.36. The van der Waals surface area contributed by atoms with E-state index in [0.29, 0.717) is 28.5 Å². The van der Waals surface area contributed by atoms with E-state index in [0.717, 1.165) is 5.56 Å². The Morgan fingerprint density at radius 1 is 1.15 bits per heavy atom. The highest BCUT2D eigenvalue weighted by atomic mass is 35.5. The van der Waals surface area contributed by atoms with Gasteiger partial charge in [0.2, 0.25) is 0 Å². The van der Waals surface area contributed by atoms with Crippen LogP contribution in [0.2, 0.25) is 5.02 Å². The highest BCUT2D eigenvalue weighted by molar-refractivity contribution is 6.31. The van der Waals surface area contributed by atoms with Crippen molar-refractivity contribution in [2.75, 3.05) is 10.6 Å². The van der Waals surface area contributed by atoms with Gasteiger partial charge in [0.05, 0.1) is 0 Å². The van der Waals surface area contributed by atoms with Crippen LogP contribution in [0, 0.1) is 12.7 Å². The number of amides is 1. The lowest BCUT2D eigenvalue weighted by Gasteiger charge is -2.11. The lowest BCUT2D eigenvalue weighted by molar-refractivity contribution is 0.102. The summed E-state index contributed by atoms with van der Waals surface area (Å²) in [5.74, 6) is -0.617. The molecule has 0 aliphatic rings. The molecule has 0 radical (unpaired) electrons. The molecule has 0 spiro atoms. The van der Waals surface area contributed by atoms with Crippen LogP contribution in [-0.2, 0) is 6.54 Å². The number of nitrogens with one attached hydrogen (secondary N) is 2. The number of nitrogens with zero attached hydrogens (tertiary/aromatic N) is 1. The molecule has 0 atom stereocenters. The topological polar surface area (TPSA) is 54.0 Å². The van der Waals surface area contributed by atoms with Crippen molar-refractivity contribution in [2.24, 2.45) is 0 Å². The molecule has 2 N–H and O–H groups in total. The standard InChI is InChI=1S/C20H17ClFN3O/c1-13-16(21)6-4-8-18(13)25-20(26)19-11-15(9-10-23-19)24-12-14-5-2-3-7-17(14)22/h2-11H,12H2,1H3,(H,23,24)(H,25,26). The monoisotopic (exact) mass is 369 g/mol. The molecular formula is C20H17ClFN3O. The molecule has 3 rings (SSSR count). The normalized spacial score (nSPS) is 10.4. The molecule has 1 amide bonds. The second-order valence-electron chi connectivity index (χ2n) is 5.74. The fourth-order valence-electron chi connectivity index (χ4n) is 2.43. The van der Waals surface area contributed by atoms with Crippen LogP contribution in [0.1, 0.15) is 21.6 Å². The minimum atomic E-state index is -0.343. The van der Waals surface area contributed by atoms with E-state index in [-0.39, 0.29) is 17.4 Å².